The van der Waals surface area contributed by atoms with Gasteiger partial charge in [-0.3, -0.25) is 9.59 Å². The Morgan fingerprint density at radius 1 is 0.606 bits per heavy atom. The second kappa shape index (κ2) is 13.8. The maximum absolute atomic E-state index is 12.2. The van der Waals surface area contributed by atoms with Crippen molar-refractivity contribution in [2.75, 3.05) is 26.4 Å². The molecular weight excluding hydrogens is 420 g/mol. The molecule has 176 valence electrons. The van der Waals surface area contributed by atoms with Gasteiger partial charge in [0.2, 0.25) is 0 Å². The van der Waals surface area contributed by atoms with Crippen molar-refractivity contribution in [1.29, 1.82) is 0 Å². The maximum Gasteiger partial charge on any atom is 0.163 e. The van der Waals surface area contributed by atoms with Gasteiger partial charge < -0.3 is 18.9 Å². The predicted molar refractivity (Wildman–Crippen MR) is 130 cm³/mol. The molecule has 33 heavy (non-hydrogen) atoms. The lowest BCUT2D eigenvalue weighted by atomic mass is 10.1. The van der Waals surface area contributed by atoms with Crippen molar-refractivity contribution < 1.29 is 28.5 Å². The average molecular weight is 453 g/mol. The summed E-state index contributed by atoms with van der Waals surface area (Å²) < 4.78 is 22.3. The summed E-state index contributed by atoms with van der Waals surface area (Å²) in [5.74, 6) is 2.00. The molecule has 0 atom stereocenters. The zero-order valence-electron chi connectivity index (χ0n) is 19.8. The first-order valence-corrected chi connectivity index (χ1v) is 11.2. The van der Waals surface area contributed by atoms with Crippen molar-refractivity contribution in [2.24, 2.45) is 0 Å². The molecule has 0 bridgehead atoms. The van der Waals surface area contributed by atoms with E-state index in [4.69, 9.17) is 18.9 Å². The first-order chi connectivity index (χ1) is 16.0. The van der Waals surface area contributed by atoms with Crippen molar-refractivity contribution in [2.45, 2.75) is 34.1 Å². The first-order valence-electron chi connectivity index (χ1n) is 11.2. The quantitative estimate of drug-likeness (QED) is 0.277. The molecule has 0 aliphatic carbocycles. The zero-order valence-corrected chi connectivity index (χ0v) is 19.8. The van der Waals surface area contributed by atoms with Crippen molar-refractivity contribution in [1.82, 2.24) is 0 Å². The van der Waals surface area contributed by atoms with Gasteiger partial charge in [0.1, 0.15) is 0 Å². The second-order valence-corrected chi connectivity index (χ2v) is 6.92. The van der Waals surface area contributed by atoms with Crippen LogP contribution in [0.5, 0.6) is 23.0 Å². The highest BCUT2D eigenvalue weighted by Crippen LogP contribution is 2.30. The molecule has 0 aliphatic rings. The second-order valence-electron chi connectivity index (χ2n) is 6.92. The number of hydrogen-bond acceptors (Lipinski definition) is 6. The lowest BCUT2D eigenvalue weighted by Crippen LogP contribution is -2.02. The Hall–Kier alpha value is -3.54. The maximum atomic E-state index is 12.2. The Kier molecular flexibility index (Phi) is 10.7. The number of rotatable bonds is 14. The molecule has 0 aliphatic heterocycles. The van der Waals surface area contributed by atoms with Gasteiger partial charge in [-0.15, -0.1) is 0 Å². The van der Waals surface area contributed by atoms with Gasteiger partial charge in [0.25, 0.3) is 0 Å². The highest BCUT2D eigenvalue weighted by Gasteiger charge is 2.08. The molecule has 0 N–H and O–H groups in total. The van der Waals surface area contributed by atoms with E-state index in [1.807, 2.05) is 52.0 Å². The molecule has 0 radical (unpaired) electrons. The van der Waals surface area contributed by atoms with E-state index in [9.17, 15) is 9.59 Å². The van der Waals surface area contributed by atoms with Crippen LogP contribution in [0.25, 0.3) is 12.2 Å². The number of carbonyl (C=O) groups is 2. The molecule has 6 heteroatoms. The van der Waals surface area contributed by atoms with E-state index in [0.29, 0.717) is 49.4 Å². The van der Waals surface area contributed by atoms with Crippen LogP contribution in [-0.4, -0.2) is 38.0 Å². The molecule has 0 amide bonds. The fourth-order valence-electron chi connectivity index (χ4n) is 3.01. The largest absolute Gasteiger partial charge is 0.490 e. The predicted octanol–water partition coefficient (Wildman–Crippen LogP) is 5.54. The minimum Gasteiger partial charge on any atom is -0.490 e. The Morgan fingerprint density at radius 3 is 1.33 bits per heavy atom. The lowest BCUT2D eigenvalue weighted by molar-refractivity contribution is -0.121. The molecule has 0 heterocycles. The number of ketones is 2. The molecule has 0 unspecified atom stereocenters. The molecule has 0 aromatic heterocycles. The minimum atomic E-state index is -0.279. The molecule has 0 saturated heterocycles. The number of ether oxygens (including phenoxy) is 4. The summed E-state index contributed by atoms with van der Waals surface area (Å²) >= 11 is 0. The number of carbonyl (C=O) groups excluding carboxylic acids is 2. The van der Waals surface area contributed by atoms with Gasteiger partial charge in [0, 0.05) is 0 Å². The SMILES string of the molecule is CCOc1ccc(/C=C/C(=O)CC(=O)/C=C/c2ccc(OCC)c(OCC)c2)cc1OCC. The Bertz CT molecular complexity index is 911. The molecule has 2 rings (SSSR count). The van der Waals surface area contributed by atoms with E-state index in [0.717, 1.165) is 11.1 Å². The van der Waals surface area contributed by atoms with E-state index in [1.54, 1.807) is 24.3 Å². The van der Waals surface area contributed by atoms with Gasteiger partial charge in [-0.05, 0) is 75.2 Å². The zero-order chi connectivity index (χ0) is 24.1. The third-order valence-corrected chi connectivity index (χ3v) is 4.41. The van der Waals surface area contributed by atoms with E-state index in [2.05, 4.69) is 0 Å². The molecule has 0 spiro atoms. The van der Waals surface area contributed by atoms with Crippen molar-refractivity contribution in [3.63, 3.8) is 0 Å². The van der Waals surface area contributed by atoms with Gasteiger partial charge in [0.05, 0.1) is 32.8 Å². The lowest BCUT2D eigenvalue weighted by Gasteiger charge is -2.11. The van der Waals surface area contributed by atoms with Gasteiger partial charge in [-0.25, -0.2) is 0 Å². The topological polar surface area (TPSA) is 71.1 Å². The van der Waals surface area contributed by atoms with Crippen LogP contribution in [0.4, 0.5) is 0 Å². The Morgan fingerprint density at radius 2 is 0.970 bits per heavy atom. The van der Waals surface area contributed by atoms with E-state index >= 15 is 0 Å². The highest BCUT2D eigenvalue weighted by molar-refractivity contribution is 6.10. The van der Waals surface area contributed by atoms with Crippen LogP contribution in [0.15, 0.2) is 48.6 Å². The van der Waals surface area contributed by atoms with Crippen molar-refractivity contribution in [3.05, 3.63) is 59.7 Å². The summed E-state index contributed by atoms with van der Waals surface area (Å²) in [5.41, 5.74) is 1.58. The number of benzene rings is 2. The molecular formula is C27H32O6. The average Bonchev–Trinajstić information content (AvgIpc) is 2.80. The summed E-state index contributed by atoms with van der Waals surface area (Å²) in [6, 6.07) is 10.9. The summed E-state index contributed by atoms with van der Waals surface area (Å²) in [5, 5.41) is 0. The molecule has 0 saturated carbocycles. The van der Waals surface area contributed by atoms with Crippen LogP contribution >= 0.6 is 0 Å². The van der Waals surface area contributed by atoms with Crippen LogP contribution in [0, 0.1) is 0 Å². The molecule has 0 fully saturated rings. The van der Waals surface area contributed by atoms with Gasteiger partial charge in [0.15, 0.2) is 34.6 Å². The molecule has 2 aromatic carbocycles. The van der Waals surface area contributed by atoms with Gasteiger partial charge >= 0.3 is 0 Å². The van der Waals surface area contributed by atoms with Crippen LogP contribution in [0.1, 0.15) is 45.2 Å². The van der Waals surface area contributed by atoms with E-state index in [-0.39, 0.29) is 18.0 Å². The highest BCUT2D eigenvalue weighted by atomic mass is 16.5. The summed E-state index contributed by atoms with van der Waals surface area (Å²) in [6.07, 6.45) is 5.93. The van der Waals surface area contributed by atoms with Crippen LogP contribution < -0.4 is 18.9 Å². The first kappa shape index (κ1) is 25.7. The molecule has 2 aromatic rings. The summed E-state index contributed by atoms with van der Waals surface area (Å²) in [7, 11) is 0. The van der Waals surface area contributed by atoms with Gasteiger partial charge in [-0.1, -0.05) is 24.3 Å². The van der Waals surface area contributed by atoms with Crippen molar-refractivity contribution in [3.8, 4) is 23.0 Å². The van der Waals surface area contributed by atoms with Crippen LogP contribution in [-0.2, 0) is 9.59 Å². The standard InChI is InChI=1S/C27H32O6/c1-5-30-24-15-11-20(17-26(24)32-7-3)9-13-22(28)19-23(29)14-10-21-12-16-25(31-6-2)27(18-21)33-8-4/h9-18H,5-8,19H2,1-4H3/b13-9+,14-10+. The van der Waals surface area contributed by atoms with Crippen molar-refractivity contribution >= 4 is 23.7 Å². The normalized spacial score (nSPS) is 11.0. The van der Waals surface area contributed by atoms with E-state index < -0.39 is 0 Å². The third-order valence-electron chi connectivity index (χ3n) is 4.41. The number of allylic oxidation sites excluding steroid dienone is 2. The third kappa shape index (κ3) is 8.48. The fraction of sp³-hybridized carbons (Fsp3) is 0.333. The van der Waals surface area contributed by atoms with E-state index in [1.165, 1.54) is 12.2 Å². The number of hydrogen-bond donors (Lipinski definition) is 0. The van der Waals surface area contributed by atoms with Crippen LogP contribution in [0.3, 0.4) is 0 Å². The fourth-order valence-corrected chi connectivity index (χ4v) is 3.01. The monoisotopic (exact) mass is 452 g/mol. The minimum absolute atomic E-state index is 0.211. The summed E-state index contributed by atoms with van der Waals surface area (Å²) in [4.78, 5) is 24.5. The van der Waals surface area contributed by atoms with Gasteiger partial charge in [-0.2, -0.15) is 0 Å². The van der Waals surface area contributed by atoms with Crippen LogP contribution in [0.2, 0.25) is 0 Å². The molecule has 6 nitrogen and oxygen atoms in total. The Balaban J connectivity index is 1.99. The smallest absolute Gasteiger partial charge is 0.163 e. The summed E-state index contributed by atoms with van der Waals surface area (Å²) in [6.45, 7) is 9.68. The Labute approximate surface area is 195 Å².